The Morgan fingerprint density at radius 1 is 0.931 bits per heavy atom. The molecule has 0 spiro atoms. The number of hydrogen-bond acceptors (Lipinski definition) is 6. The van der Waals surface area contributed by atoms with Crippen molar-refractivity contribution in [2.45, 2.75) is 20.3 Å². The van der Waals surface area contributed by atoms with Gasteiger partial charge in [0.15, 0.2) is 11.5 Å². The lowest BCUT2D eigenvalue weighted by molar-refractivity contribution is -0.115. The molecule has 0 aliphatic heterocycles. The topological polar surface area (TPSA) is 98.2 Å². The van der Waals surface area contributed by atoms with Gasteiger partial charge >= 0.3 is 0 Å². The van der Waals surface area contributed by atoms with E-state index in [0.29, 0.717) is 34.2 Å². The van der Waals surface area contributed by atoms with Gasteiger partial charge in [0, 0.05) is 11.3 Å². The zero-order chi connectivity index (χ0) is 21.4. The summed E-state index contributed by atoms with van der Waals surface area (Å²) in [5.74, 6) is 0.834. The van der Waals surface area contributed by atoms with Crippen molar-refractivity contribution in [3.8, 4) is 17.2 Å². The number of nitrogens with zero attached hydrogens (tertiary/aromatic N) is 1. The first-order valence-corrected chi connectivity index (χ1v) is 8.88. The van der Waals surface area contributed by atoms with Crippen LogP contribution in [0.3, 0.4) is 0 Å². The van der Waals surface area contributed by atoms with Crippen LogP contribution in [-0.4, -0.2) is 38.9 Å². The zero-order valence-electron chi connectivity index (χ0n) is 17.2. The Labute approximate surface area is 169 Å². The molecule has 8 heteroatoms. The van der Waals surface area contributed by atoms with E-state index in [9.17, 15) is 9.59 Å². The number of hydrazone groups is 1. The largest absolute Gasteiger partial charge is 0.495 e. The fraction of sp³-hybridized carbons (Fsp3) is 0.286. The Kier molecular flexibility index (Phi) is 7.59. The molecular weight excluding hydrogens is 374 g/mol. The monoisotopic (exact) mass is 399 g/mol. The summed E-state index contributed by atoms with van der Waals surface area (Å²) in [7, 11) is 4.54. The molecule has 0 fully saturated rings. The highest BCUT2D eigenvalue weighted by molar-refractivity contribution is 6.06. The lowest BCUT2D eigenvalue weighted by Gasteiger charge is -2.11. The van der Waals surface area contributed by atoms with Crippen LogP contribution >= 0.6 is 0 Å². The zero-order valence-corrected chi connectivity index (χ0v) is 17.2. The van der Waals surface area contributed by atoms with Crippen molar-refractivity contribution in [2.24, 2.45) is 5.10 Å². The number of carbonyl (C=O) groups is 2. The molecule has 0 aliphatic rings. The van der Waals surface area contributed by atoms with Crippen LogP contribution in [0.4, 0.5) is 5.69 Å². The third kappa shape index (κ3) is 5.97. The number of methoxy groups -OCH3 is 3. The smallest absolute Gasteiger partial charge is 0.271 e. The van der Waals surface area contributed by atoms with Crippen molar-refractivity contribution in [2.75, 3.05) is 26.6 Å². The average Bonchev–Trinajstić information content (AvgIpc) is 2.71. The first-order valence-electron chi connectivity index (χ1n) is 8.88. The van der Waals surface area contributed by atoms with Gasteiger partial charge in [0.25, 0.3) is 5.91 Å². The standard InChI is InChI=1S/C21H25N3O5/c1-13-6-8-17(27-3)16(10-13)22-20(25)11-14(2)23-24-21(26)15-7-9-18(28-4)19(12-15)29-5/h6-10,12H,11H2,1-5H3,(H,22,25)(H,24,26)/b23-14-. The quantitative estimate of drug-likeness (QED) is 0.525. The molecule has 2 N–H and O–H groups in total. The molecule has 2 rings (SSSR count). The Balaban J connectivity index is 1.98. The molecule has 2 aromatic rings. The molecule has 0 radical (unpaired) electrons. The molecule has 0 heterocycles. The number of amides is 2. The summed E-state index contributed by atoms with van der Waals surface area (Å²) in [6, 6.07) is 10.3. The first kappa shape index (κ1) is 21.7. The molecule has 2 amide bonds. The fourth-order valence-electron chi connectivity index (χ4n) is 2.57. The van der Waals surface area contributed by atoms with E-state index in [-0.39, 0.29) is 12.3 Å². The van der Waals surface area contributed by atoms with Crippen LogP contribution in [0.15, 0.2) is 41.5 Å². The number of aryl methyl sites for hydroxylation is 1. The van der Waals surface area contributed by atoms with Crippen LogP contribution in [0.25, 0.3) is 0 Å². The van der Waals surface area contributed by atoms with E-state index < -0.39 is 5.91 Å². The average molecular weight is 399 g/mol. The van der Waals surface area contributed by atoms with E-state index in [1.807, 2.05) is 19.1 Å². The predicted octanol–water partition coefficient (Wildman–Crippen LogP) is 3.16. The Morgan fingerprint density at radius 2 is 1.59 bits per heavy atom. The molecule has 0 bridgehead atoms. The molecule has 2 aromatic carbocycles. The fourth-order valence-corrected chi connectivity index (χ4v) is 2.57. The molecule has 0 atom stereocenters. The summed E-state index contributed by atoms with van der Waals surface area (Å²) < 4.78 is 15.6. The third-order valence-electron chi connectivity index (χ3n) is 4.04. The predicted molar refractivity (Wildman–Crippen MR) is 111 cm³/mol. The highest BCUT2D eigenvalue weighted by Gasteiger charge is 2.12. The Bertz CT molecular complexity index is 925. The molecule has 0 unspecified atom stereocenters. The van der Waals surface area contributed by atoms with E-state index >= 15 is 0 Å². The lowest BCUT2D eigenvalue weighted by atomic mass is 10.2. The summed E-state index contributed by atoms with van der Waals surface area (Å²) in [6.45, 7) is 3.58. The number of hydrogen-bond donors (Lipinski definition) is 2. The van der Waals surface area contributed by atoms with Crippen LogP contribution in [0.2, 0.25) is 0 Å². The maximum atomic E-state index is 12.3. The van der Waals surface area contributed by atoms with Crippen molar-refractivity contribution in [3.63, 3.8) is 0 Å². The number of ether oxygens (including phenoxy) is 3. The SMILES string of the molecule is COc1ccc(C)cc1NC(=O)C/C(C)=N\NC(=O)c1ccc(OC)c(OC)c1. The minimum atomic E-state index is -0.425. The highest BCUT2D eigenvalue weighted by atomic mass is 16.5. The first-order chi connectivity index (χ1) is 13.9. The van der Waals surface area contributed by atoms with Gasteiger partial charge in [-0.2, -0.15) is 5.10 Å². The lowest BCUT2D eigenvalue weighted by Crippen LogP contribution is -2.21. The van der Waals surface area contributed by atoms with Gasteiger partial charge in [0.2, 0.25) is 5.91 Å². The molecule has 0 saturated carbocycles. The van der Waals surface area contributed by atoms with Gasteiger partial charge < -0.3 is 19.5 Å². The van der Waals surface area contributed by atoms with Crippen LogP contribution in [0.5, 0.6) is 17.2 Å². The summed E-state index contributed by atoms with van der Waals surface area (Å²) in [5.41, 5.74) is 4.82. The second-order valence-electron chi connectivity index (χ2n) is 6.29. The molecule has 0 aromatic heterocycles. The Hall–Kier alpha value is -3.55. The van der Waals surface area contributed by atoms with Crippen molar-refractivity contribution in [1.29, 1.82) is 0 Å². The molecule has 8 nitrogen and oxygen atoms in total. The number of rotatable bonds is 8. The molecular formula is C21H25N3O5. The van der Waals surface area contributed by atoms with Crippen molar-refractivity contribution < 1.29 is 23.8 Å². The van der Waals surface area contributed by atoms with Gasteiger partial charge in [-0.15, -0.1) is 0 Å². The molecule has 29 heavy (non-hydrogen) atoms. The van der Waals surface area contributed by atoms with Gasteiger partial charge in [-0.05, 0) is 49.7 Å². The van der Waals surface area contributed by atoms with Gasteiger partial charge in [-0.25, -0.2) is 5.43 Å². The normalized spacial score (nSPS) is 10.9. The highest BCUT2D eigenvalue weighted by Crippen LogP contribution is 2.27. The number of anilines is 1. The van der Waals surface area contributed by atoms with E-state index in [1.54, 1.807) is 31.2 Å². The maximum absolute atomic E-state index is 12.3. The summed E-state index contributed by atoms with van der Waals surface area (Å²) in [4.78, 5) is 24.6. The maximum Gasteiger partial charge on any atom is 0.271 e. The molecule has 0 saturated heterocycles. The third-order valence-corrected chi connectivity index (χ3v) is 4.04. The van der Waals surface area contributed by atoms with Crippen molar-refractivity contribution in [3.05, 3.63) is 47.5 Å². The second kappa shape index (κ2) is 10.1. The van der Waals surface area contributed by atoms with Crippen LogP contribution in [0, 0.1) is 6.92 Å². The van der Waals surface area contributed by atoms with E-state index in [4.69, 9.17) is 14.2 Å². The van der Waals surface area contributed by atoms with Crippen molar-refractivity contribution in [1.82, 2.24) is 5.43 Å². The van der Waals surface area contributed by atoms with Crippen LogP contribution in [0.1, 0.15) is 29.3 Å². The van der Waals surface area contributed by atoms with Gasteiger partial charge in [-0.1, -0.05) is 6.07 Å². The van der Waals surface area contributed by atoms with E-state index in [2.05, 4.69) is 15.8 Å². The van der Waals surface area contributed by atoms with Crippen molar-refractivity contribution >= 4 is 23.2 Å². The molecule has 154 valence electrons. The summed E-state index contributed by atoms with van der Waals surface area (Å²) in [5, 5.41) is 6.79. The molecule has 0 aliphatic carbocycles. The van der Waals surface area contributed by atoms with Gasteiger partial charge in [-0.3, -0.25) is 9.59 Å². The summed E-state index contributed by atoms with van der Waals surface area (Å²) >= 11 is 0. The minimum Gasteiger partial charge on any atom is -0.495 e. The van der Waals surface area contributed by atoms with Crippen LogP contribution in [-0.2, 0) is 4.79 Å². The second-order valence-corrected chi connectivity index (χ2v) is 6.29. The van der Waals surface area contributed by atoms with E-state index in [0.717, 1.165) is 5.56 Å². The summed E-state index contributed by atoms with van der Waals surface area (Å²) in [6.07, 6.45) is 0.0172. The Morgan fingerprint density at radius 3 is 2.24 bits per heavy atom. The number of carbonyl (C=O) groups excluding carboxylic acids is 2. The van der Waals surface area contributed by atoms with Crippen LogP contribution < -0.4 is 25.0 Å². The van der Waals surface area contributed by atoms with Gasteiger partial charge in [0.1, 0.15) is 5.75 Å². The number of nitrogens with one attached hydrogen (secondary N) is 2. The minimum absolute atomic E-state index is 0.0172. The number of benzene rings is 2. The van der Waals surface area contributed by atoms with E-state index in [1.165, 1.54) is 21.3 Å². The van der Waals surface area contributed by atoms with Gasteiger partial charge in [0.05, 0.1) is 33.4 Å².